The summed E-state index contributed by atoms with van der Waals surface area (Å²) >= 11 is 0. The van der Waals surface area contributed by atoms with E-state index in [1.165, 1.54) is 0 Å². The molecule has 0 spiro atoms. The fourth-order valence-electron chi connectivity index (χ4n) is 1.23. The van der Waals surface area contributed by atoms with Gasteiger partial charge in [-0.15, -0.1) is 0 Å². The van der Waals surface area contributed by atoms with Crippen LogP contribution >= 0.6 is 0 Å². The van der Waals surface area contributed by atoms with E-state index >= 15 is 0 Å². The Bertz CT molecular complexity index is 445. The van der Waals surface area contributed by atoms with Crippen molar-refractivity contribution in [3.63, 3.8) is 0 Å². The van der Waals surface area contributed by atoms with Crippen LogP contribution in [0, 0.1) is 11.3 Å². The lowest BCUT2D eigenvalue weighted by Crippen LogP contribution is -2.18. The maximum Gasteiger partial charge on any atom is 0.325 e. The molecule has 0 aliphatic carbocycles. The number of hydrogen-bond acceptors (Lipinski definition) is 5. The summed E-state index contributed by atoms with van der Waals surface area (Å²) in [6, 6.07) is 1.93. The van der Waals surface area contributed by atoms with Crippen LogP contribution in [0.25, 0.3) is 0 Å². The Morgan fingerprint density at radius 3 is 2.81 bits per heavy atom. The van der Waals surface area contributed by atoms with Gasteiger partial charge in [0.1, 0.15) is 24.0 Å². The SMILES string of the molecule is CCN(C)c1nn(CC(=O)O)c(N)c1C#N. The average Bonchev–Trinajstić information content (AvgIpc) is 2.54. The van der Waals surface area contributed by atoms with Crippen LogP contribution in [0.1, 0.15) is 12.5 Å². The van der Waals surface area contributed by atoms with Gasteiger partial charge in [0.05, 0.1) is 0 Å². The summed E-state index contributed by atoms with van der Waals surface area (Å²) in [5.74, 6) is -0.562. The topological polar surface area (TPSA) is 108 Å². The monoisotopic (exact) mass is 223 g/mol. The van der Waals surface area contributed by atoms with Gasteiger partial charge in [0, 0.05) is 13.6 Å². The summed E-state index contributed by atoms with van der Waals surface area (Å²) < 4.78 is 1.11. The molecule has 0 saturated carbocycles. The summed E-state index contributed by atoms with van der Waals surface area (Å²) in [7, 11) is 1.76. The Morgan fingerprint density at radius 2 is 2.38 bits per heavy atom. The van der Waals surface area contributed by atoms with Crippen molar-refractivity contribution < 1.29 is 9.90 Å². The first-order valence-electron chi connectivity index (χ1n) is 4.70. The molecule has 0 aliphatic rings. The van der Waals surface area contributed by atoms with E-state index in [1.54, 1.807) is 11.9 Å². The van der Waals surface area contributed by atoms with Crippen LogP contribution in [0.3, 0.4) is 0 Å². The van der Waals surface area contributed by atoms with Crippen LogP contribution in [0.4, 0.5) is 11.6 Å². The third-order valence-electron chi connectivity index (χ3n) is 2.21. The van der Waals surface area contributed by atoms with Gasteiger partial charge >= 0.3 is 5.97 Å². The predicted molar refractivity (Wildman–Crippen MR) is 57.9 cm³/mol. The van der Waals surface area contributed by atoms with Gasteiger partial charge in [0.15, 0.2) is 5.82 Å². The van der Waals surface area contributed by atoms with Crippen LogP contribution in [0.5, 0.6) is 0 Å². The summed E-state index contributed by atoms with van der Waals surface area (Å²) in [6.07, 6.45) is 0. The number of carbonyl (C=O) groups is 1. The number of anilines is 2. The van der Waals surface area contributed by atoms with Gasteiger partial charge in [-0.2, -0.15) is 10.4 Å². The van der Waals surface area contributed by atoms with Gasteiger partial charge in [-0.1, -0.05) is 0 Å². The van der Waals surface area contributed by atoms with Crippen molar-refractivity contribution in [2.45, 2.75) is 13.5 Å². The number of aliphatic carboxylic acids is 1. The van der Waals surface area contributed by atoms with E-state index < -0.39 is 5.97 Å². The summed E-state index contributed by atoms with van der Waals surface area (Å²) in [4.78, 5) is 12.3. The Hall–Kier alpha value is -2.23. The first kappa shape index (κ1) is 11.8. The van der Waals surface area contributed by atoms with Crippen molar-refractivity contribution in [2.75, 3.05) is 24.2 Å². The van der Waals surface area contributed by atoms with Gasteiger partial charge in [0.2, 0.25) is 0 Å². The lowest BCUT2D eigenvalue weighted by molar-refractivity contribution is -0.137. The second-order valence-corrected chi connectivity index (χ2v) is 3.26. The molecule has 7 heteroatoms. The molecule has 0 fully saturated rings. The predicted octanol–water partition coefficient (Wildman–Crippen LogP) is -0.122. The Labute approximate surface area is 92.7 Å². The van der Waals surface area contributed by atoms with E-state index in [4.69, 9.17) is 16.1 Å². The zero-order valence-electron chi connectivity index (χ0n) is 9.14. The zero-order chi connectivity index (χ0) is 12.3. The van der Waals surface area contributed by atoms with E-state index in [9.17, 15) is 4.79 Å². The molecule has 3 N–H and O–H groups in total. The van der Waals surface area contributed by atoms with E-state index in [0.717, 1.165) is 4.68 Å². The van der Waals surface area contributed by atoms with Crippen LogP contribution in [-0.4, -0.2) is 34.4 Å². The molecular formula is C9H13N5O2. The summed E-state index contributed by atoms with van der Waals surface area (Å²) in [5.41, 5.74) is 5.86. The first-order chi connectivity index (χ1) is 7.51. The normalized spacial score (nSPS) is 9.81. The van der Waals surface area contributed by atoms with Gasteiger partial charge in [0.25, 0.3) is 0 Å². The molecule has 0 radical (unpaired) electrons. The molecule has 0 saturated heterocycles. The second kappa shape index (κ2) is 4.53. The number of nitrogens with two attached hydrogens (primary N) is 1. The molecule has 0 aromatic carbocycles. The molecule has 0 bridgehead atoms. The van der Waals surface area contributed by atoms with Crippen LogP contribution in [0.15, 0.2) is 0 Å². The van der Waals surface area contributed by atoms with Crippen LogP contribution < -0.4 is 10.6 Å². The smallest absolute Gasteiger partial charge is 0.325 e. The number of rotatable bonds is 4. The molecule has 1 aromatic rings. The maximum absolute atomic E-state index is 10.6. The van der Waals surface area contributed by atoms with Crippen molar-refractivity contribution in [3.8, 4) is 6.07 Å². The molecule has 1 rings (SSSR count). The van der Waals surface area contributed by atoms with Gasteiger partial charge < -0.3 is 15.7 Å². The van der Waals surface area contributed by atoms with Gasteiger partial charge in [-0.25, -0.2) is 4.68 Å². The Kier molecular flexibility index (Phi) is 3.35. The van der Waals surface area contributed by atoms with E-state index in [-0.39, 0.29) is 17.9 Å². The van der Waals surface area contributed by atoms with Crippen LogP contribution in [0.2, 0.25) is 0 Å². The van der Waals surface area contributed by atoms with Gasteiger partial charge in [-0.3, -0.25) is 4.79 Å². The van der Waals surface area contributed by atoms with Crippen molar-refractivity contribution in [2.24, 2.45) is 0 Å². The number of aromatic nitrogens is 2. The minimum atomic E-state index is -1.05. The average molecular weight is 223 g/mol. The number of nitrogen functional groups attached to an aromatic ring is 1. The molecule has 16 heavy (non-hydrogen) atoms. The van der Waals surface area contributed by atoms with Gasteiger partial charge in [-0.05, 0) is 6.92 Å². The van der Waals surface area contributed by atoms with Crippen molar-refractivity contribution in [3.05, 3.63) is 5.56 Å². The largest absolute Gasteiger partial charge is 0.480 e. The molecule has 1 aromatic heterocycles. The Balaban J connectivity index is 3.21. The quantitative estimate of drug-likeness (QED) is 0.736. The standard InChI is InChI=1S/C9H13N5O2/c1-3-13(2)9-6(4-10)8(11)14(12-9)5-7(15)16/h3,5,11H2,1-2H3,(H,15,16). The molecule has 0 amide bonds. The highest BCUT2D eigenvalue weighted by Gasteiger charge is 2.18. The zero-order valence-corrected chi connectivity index (χ0v) is 9.14. The maximum atomic E-state index is 10.6. The highest BCUT2D eigenvalue weighted by molar-refractivity contribution is 5.70. The lowest BCUT2D eigenvalue weighted by Gasteiger charge is -2.12. The number of nitrogens with zero attached hydrogens (tertiary/aromatic N) is 4. The molecule has 0 atom stereocenters. The highest BCUT2D eigenvalue weighted by atomic mass is 16.4. The number of nitriles is 1. The van der Waals surface area contributed by atoms with Crippen LogP contribution in [-0.2, 0) is 11.3 Å². The molecule has 7 nitrogen and oxygen atoms in total. The fourth-order valence-corrected chi connectivity index (χ4v) is 1.23. The molecule has 86 valence electrons. The summed E-state index contributed by atoms with van der Waals surface area (Å²) in [6.45, 7) is 2.20. The first-order valence-corrected chi connectivity index (χ1v) is 4.70. The van der Waals surface area contributed by atoms with Crippen molar-refractivity contribution >= 4 is 17.6 Å². The van der Waals surface area contributed by atoms with E-state index in [2.05, 4.69) is 5.10 Å². The number of carboxylic acids is 1. The molecule has 1 heterocycles. The number of hydrogen-bond donors (Lipinski definition) is 2. The minimum Gasteiger partial charge on any atom is -0.480 e. The fraction of sp³-hybridized carbons (Fsp3) is 0.444. The van der Waals surface area contributed by atoms with E-state index in [1.807, 2.05) is 13.0 Å². The lowest BCUT2D eigenvalue weighted by atomic mass is 10.3. The molecular weight excluding hydrogens is 210 g/mol. The second-order valence-electron chi connectivity index (χ2n) is 3.26. The minimum absolute atomic E-state index is 0.0835. The highest BCUT2D eigenvalue weighted by Crippen LogP contribution is 2.23. The Morgan fingerprint density at radius 1 is 1.75 bits per heavy atom. The van der Waals surface area contributed by atoms with Crippen molar-refractivity contribution in [1.29, 1.82) is 5.26 Å². The summed E-state index contributed by atoms with van der Waals surface area (Å²) in [5, 5.41) is 21.6. The number of carboxylic acid groups (broad SMARTS) is 1. The van der Waals surface area contributed by atoms with E-state index in [0.29, 0.717) is 12.4 Å². The molecule has 0 unspecified atom stereocenters. The third kappa shape index (κ3) is 2.06. The van der Waals surface area contributed by atoms with Crippen molar-refractivity contribution in [1.82, 2.24) is 9.78 Å². The third-order valence-corrected chi connectivity index (χ3v) is 2.21. The molecule has 0 aliphatic heterocycles.